The number of carbonyl (C=O) groups is 1. The average Bonchev–Trinajstić information content (AvgIpc) is 2.54. The van der Waals surface area contributed by atoms with Crippen molar-refractivity contribution in [1.29, 1.82) is 0 Å². The third-order valence-electron chi connectivity index (χ3n) is 5.47. The van der Waals surface area contributed by atoms with E-state index in [2.05, 4.69) is 42.4 Å². The summed E-state index contributed by atoms with van der Waals surface area (Å²) in [4.78, 5) is 19.9. The van der Waals surface area contributed by atoms with Crippen LogP contribution < -0.4 is 0 Å². The molecule has 2 heterocycles. The lowest BCUT2D eigenvalue weighted by molar-refractivity contribution is -0.141. The van der Waals surface area contributed by atoms with E-state index in [0.29, 0.717) is 30.6 Å². The summed E-state index contributed by atoms with van der Waals surface area (Å²) in [5.74, 6) is 0.594. The lowest BCUT2D eigenvalue weighted by Gasteiger charge is -2.45. The SMILES string of the molecule is COC[C@H]1CN(C(=O)C2CCN(C(C)C)CC2)CCN1C(C)C. The van der Waals surface area contributed by atoms with Gasteiger partial charge in [-0.3, -0.25) is 9.69 Å². The summed E-state index contributed by atoms with van der Waals surface area (Å²) in [7, 11) is 1.75. The first kappa shape index (κ1) is 18.7. The summed E-state index contributed by atoms with van der Waals surface area (Å²) < 4.78 is 5.39. The molecule has 0 saturated carbocycles. The normalized spacial score (nSPS) is 25.5. The lowest BCUT2D eigenvalue weighted by Crippen LogP contribution is -2.59. The molecule has 23 heavy (non-hydrogen) atoms. The number of likely N-dealkylation sites (tertiary alicyclic amines) is 1. The van der Waals surface area contributed by atoms with Crippen LogP contribution in [0.2, 0.25) is 0 Å². The molecule has 0 aromatic heterocycles. The van der Waals surface area contributed by atoms with Crippen LogP contribution in [0.25, 0.3) is 0 Å². The Hall–Kier alpha value is -0.650. The highest BCUT2D eigenvalue weighted by Crippen LogP contribution is 2.23. The van der Waals surface area contributed by atoms with E-state index in [1.54, 1.807) is 7.11 Å². The molecular weight excluding hydrogens is 290 g/mol. The molecule has 0 bridgehead atoms. The Bertz CT molecular complexity index is 378. The lowest BCUT2D eigenvalue weighted by atomic mass is 9.94. The van der Waals surface area contributed by atoms with Crippen molar-refractivity contribution >= 4 is 5.91 Å². The third-order valence-corrected chi connectivity index (χ3v) is 5.47. The quantitative estimate of drug-likeness (QED) is 0.770. The number of nitrogens with zero attached hydrogens (tertiary/aromatic N) is 3. The molecule has 5 heteroatoms. The largest absolute Gasteiger partial charge is 0.383 e. The summed E-state index contributed by atoms with van der Waals surface area (Å²) >= 11 is 0. The molecule has 2 fully saturated rings. The Balaban J connectivity index is 1.90. The number of piperazine rings is 1. The van der Waals surface area contributed by atoms with Gasteiger partial charge in [0.1, 0.15) is 0 Å². The maximum atomic E-state index is 12.9. The van der Waals surface area contributed by atoms with Gasteiger partial charge in [-0.2, -0.15) is 0 Å². The van der Waals surface area contributed by atoms with E-state index in [1.165, 1.54) is 0 Å². The molecule has 1 atom stereocenters. The third kappa shape index (κ3) is 4.68. The Morgan fingerprint density at radius 2 is 1.70 bits per heavy atom. The van der Waals surface area contributed by atoms with Crippen LogP contribution >= 0.6 is 0 Å². The van der Waals surface area contributed by atoms with Crippen molar-refractivity contribution in [3.05, 3.63) is 0 Å². The van der Waals surface area contributed by atoms with E-state index in [0.717, 1.165) is 45.6 Å². The molecule has 0 N–H and O–H groups in total. The summed E-state index contributed by atoms with van der Waals surface area (Å²) in [6, 6.07) is 1.42. The molecule has 2 aliphatic rings. The molecule has 1 amide bonds. The van der Waals surface area contributed by atoms with Gasteiger partial charge in [-0.05, 0) is 53.6 Å². The highest BCUT2D eigenvalue weighted by Gasteiger charge is 2.35. The molecule has 5 nitrogen and oxygen atoms in total. The average molecular weight is 325 g/mol. The van der Waals surface area contributed by atoms with Crippen LogP contribution in [-0.4, -0.2) is 85.2 Å². The van der Waals surface area contributed by atoms with Gasteiger partial charge in [0.2, 0.25) is 5.91 Å². The number of hydrogen-bond donors (Lipinski definition) is 0. The maximum Gasteiger partial charge on any atom is 0.225 e. The van der Waals surface area contributed by atoms with Gasteiger partial charge >= 0.3 is 0 Å². The van der Waals surface area contributed by atoms with Gasteiger partial charge in [-0.25, -0.2) is 0 Å². The van der Waals surface area contributed by atoms with Gasteiger partial charge in [-0.15, -0.1) is 0 Å². The first-order valence-electron chi connectivity index (χ1n) is 9.21. The topological polar surface area (TPSA) is 36.0 Å². The van der Waals surface area contributed by atoms with Crippen molar-refractivity contribution in [3.8, 4) is 0 Å². The second kappa shape index (κ2) is 8.45. The van der Waals surface area contributed by atoms with Gasteiger partial charge in [0, 0.05) is 44.7 Å². The summed E-state index contributed by atoms with van der Waals surface area (Å²) in [6.07, 6.45) is 2.02. The smallest absolute Gasteiger partial charge is 0.225 e. The van der Waals surface area contributed by atoms with Crippen LogP contribution in [-0.2, 0) is 9.53 Å². The zero-order chi connectivity index (χ0) is 17.0. The second-order valence-electron chi connectivity index (χ2n) is 7.63. The predicted octanol–water partition coefficient (Wildman–Crippen LogP) is 1.67. The van der Waals surface area contributed by atoms with E-state index in [-0.39, 0.29) is 5.92 Å². The summed E-state index contributed by atoms with van der Waals surface area (Å²) in [5, 5.41) is 0. The summed E-state index contributed by atoms with van der Waals surface area (Å²) in [5.41, 5.74) is 0. The molecule has 2 rings (SSSR count). The van der Waals surface area contributed by atoms with Crippen molar-refractivity contribution in [2.24, 2.45) is 5.92 Å². The number of ether oxygens (including phenoxy) is 1. The first-order valence-corrected chi connectivity index (χ1v) is 9.21. The minimum Gasteiger partial charge on any atom is -0.383 e. The van der Waals surface area contributed by atoms with E-state index in [1.807, 2.05) is 0 Å². The van der Waals surface area contributed by atoms with Gasteiger partial charge < -0.3 is 14.5 Å². The highest BCUT2D eigenvalue weighted by molar-refractivity contribution is 5.79. The van der Waals surface area contributed by atoms with Crippen LogP contribution in [0.5, 0.6) is 0 Å². The maximum absolute atomic E-state index is 12.9. The van der Waals surface area contributed by atoms with Crippen molar-refractivity contribution in [2.45, 2.75) is 58.7 Å². The van der Waals surface area contributed by atoms with E-state index < -0.39 is 0 Å². The fourth-order valence-electron chi connectivity index (χ4n) is 4.01. The van der Waals surface area contributed by atoms with Crippen molar-refractivity contribution < 1.29 is 9.53 Å². The number of amides is 1. The molecule has 0 aromatic carbocycles. The van der Waals surface area contributed by atoms with Crippen molar-refractivity contribution in [1.82, 2.24) is 14.7 Å². The Labute approximate surface area is 141 Å². The fraction of sp³-hybridized carbons (Fsp3) is 0.944. The minimum absolute atomic E-state index is 0.221. The van der Waals surface area contributed by atoms with Gasteiger partial charge in [-0.1, -0.05) is 0 Å². The number of carbonyl (C=O) groups excluding carboxylic acids is 1. The van der Waals surface area contributed by atoms with E-state index in [4.69, 9.17) is 4.74 Å². The van der Waals surface area contributed by atoms with E-state index in [9.17, 15) is 4.79 Å². The Morgan fingerprint density at radius 3 is 2.22 bits per heavy atom. The molecule has 134 valence electrons. The fourth-order valence-corrected chi connectivity index (χ4v) is 4.01. The van der Waals surface area contributed by atoms with Crippen LogP contribution in [0.1, 0.15) is 40.5 Å². The monoisotopic (exact) mass is 325 g/mol. The molecular formula is C18H35N3O2. The van der Waals surface area contributed by atoms with Crippen LogP contribution in [0.4, 0.5) is 0 Å². The number of rotatable bonds is 5. The van der Waals surface area contributed by atoms with Crippen molar-refractivity contribution in [3.63, 3.8) is 0 Å². The molecule has 2 saturated heterocycles. The zero-order valence-corrected chi connectivity index (χ0v) is 15.6. The number of piperidine rings is 1. The molecule has 0 aliphatic carbocycles. The minimum atomic E-state index is 0.221. The van der Waals surface area contributed by atoms with Crippen molar-refractivity contribution in [2.75, 3.05) is 46.4 Å². The van der Waals surface area contributed by atoms with Gasteiger partial charge in [0.15, 0.2) is 0 Å². The Kier molecular flexibility index (Phi) is 6.86. The second-order valence-corrected chi connectivity index (χ2v) is 7.63. The number of methoxy groups -OCH3 is 1. The molecule has 0 spiro atoms. The van der Waals surface area contributed by atoms with Crippen LogP contribution in [0.15, 0.2) is 0 Å². The first-order chi connectivity index (χ1) is 10.9. The highest BCUT2D eigenvalue weighted by atomic mass is 16.5. The molecule has 2 aliphatic heterocycles. The van der Waals surface area contributed by atoms with E-state index >= 15 is 0 Å². The molecule has 0 radical (unpaired) electrons. The summed E-state index contributed by atoms with van der Waals surface area (Å²) in [6.45, 7) is 14.4. The molecule has 0 unspecified atom stereocenters. The van der Waals surface area contributed by atoms with Gasteiger partial charge in [0.05, 0.1) is 12.6 Å². The predicted molar refractivity (Wildman–Crippen MR) is 93.5 cm³/mol. The zero-order valence-electron chi connectivity index (χ0n) is 15.6. The number of hydrogen-bond acceptors (Lipinski definition) is 4. The molecule has 0 aromatic rings. The van der Waals surface area contributed by atoms with Gasteiger partial charge in [0.25, 0.3) is 0 Å². The Morgan fingerprint density at radius 1 is 1.04 bits per heavy atom. The van der Waals surface area contributed by atoms with Crippen LogP contribution in [0, 0.1) is 5.92 Å². The standard InChI is InChI=1S/C18H35N3O2/c1-14(2)19-8-6-16(7-9-19)18(22)20-10-11-21(15(3)4)17(12-20)13-23-5/h14-17H,6-13H2,1-5H3/t17-/m1/s1. The van der Waals surface area contributed by atoms with Crippen LogP contribution in [0.3, 0.4) is 0 Å².